The number of esters is 1. The standard InChI is InChI=1S/C29H26FN3O6S/c1-2-39-28(38)20-7-13-23(14-8-20)32-29-33(16-15-18-3-9-21(30)10-4-18)26(35)24(40-29)17-25(34)31-22-11-5-19(6-12-22)27(36)37/h3-14,24H,2,15-17H2,1H3,(H,31,34)(H,36,37). The highest BCUT2D eigenvalue weighted by atomic mass is 32.2. The second kappa shape index (κ2) is 13.0. The molecule has 9 nitrogen and oxygen atoms in total. The van der Waals surface area contributed by atoms with Gasteiger partial charge in [0, 0.05) is 18.7 Å². The predicted molar refractivity (Wildman–Crippen MR) is 149 cm³/mol. The third-order valence-electron chi connectivity index (χ3n) is 5.95. The number of carbonyl (C=O) groups excluding carboxylic acids is 3. The lowest BCUT2D eigenvalue weighted by molar-refractivity contribution is -0.128. The Morgan fingerprint density at radius 3 is 2.27 bits per heavy atom. The van der Waals surface area contributed by atoms with Gasteiger partial charge >= 0.3 is 11.9 Å². The van der Waals surface area contributed by atoms with Gasteiger partial charge in [0.25, 0.3) is 0 Å². The minimum absolute atomic E-state index is 0.0902. The minimum atomic E-state index is -1.08. The zero-order valence-electron chi connectivity index (χ0n) is 21.5. The molecular weight excluding hydrogens is 537 g/mol. The van der Waals surface area contributed by atoms with Crippen LogP contribution in [0, 0.1) is 5.82 Å². The van der Waals surface area contributed by atoms with Crippen LogP contribution in [0.5, 0.6) is 0 Å². The van der Waals surface area contributed by atoms with Crippen molar-refractivity contribution in [1.82, 2.24) is 4.90 Å². The average molecular weight is 564 g/mol. The molecule has 0 radical (unpaired) electrons. The number of aromatic carboxylic acids is 1. The largest absolute Gasteiger partial charge is 0.478 e. The number of nitrogens with zero attached hydrogens (tertiary/aromatic N) is 2. The number of halogens is 1. The lowest BCUT2D eigenvalue weighted by Crippen LogP contribution is -2.35. The smallest absolute Gasteiger partial charge is 0.338 e. The monoisotopic (exact) mass is 563 g/mol. The molecule has 40 heavy (non-hydrogen) atoms. The molecule has 3 aromatic carbocycles. The fraction of sp³-hybridized carbons (Fsp3) is 0.207. The molecule has 1 atom stereocenters. The molecule has 4 rings (SSSR count). The number of nitrogens with one attached hydrogen (secondary N) is 1. The van der Waals surface area contributed by atoms with Gasteiger partial charge in [0.2, 0.25) is 11.8 Å². The molecule has 2 amide bonds. The number of amidine groups is 1. The molecule has 1 aliphatic rings. The Bertz CT molecular complexity index is 1430. The van der Waals surface area contributed by atoms with E-state index in [9.17, 15) is 23.6 Å². The highest BCUT2D eigenvalue weighted by Crippen LogP contribution is 2.32. The number of ether oxygens (including phenoxy) is 1. The molecule has 2 N–H and O–H groups in total. The summed E-state index contributed by atoms with van der Waals surface area (Å²) >= 11 is 1.16. The molecule has 0 bridgehead atoms. The first-order valence-corrected chi connectivity index (χ1v) is 13.3. The summed E-state index contributed by atoms with van der Waals surface area (Å²) < 4.78 is 18.3. The summed E-state index contributed by atoms with van der Waals surface area (Å²) in [6, 6.07) is 18.2. The second-order valence-electron chi connectivity index (χ2n) is 8.77. The molecule has 206 valence electrons. The van der Waals surface area contributed by atoms with E-state index in [4.69, 9.17) is 9.84 Å². The maximum atomic E-state index is 13.4. The number of thioether (sulfide) groups is 1. The summed E-state index contributed by atoms with van der Waals surface area (Å²) in [6.45, 7) is 2.25. The van der Waals surface area contributed by atoms with Crippen LogP contribution >= 0.6 is 11.8 Å². The van der Waals surface area contributed by atoms with Gasteiger partial charge in [0.1, 0.15) is 11.1 Å². The highest BCUT2D eigenvalue weighted by molar-refractivity contribution is 8.15. The van der Waals surface area contributed by atoms with E-state index < -0.39 is 23.1 Å². The summed E-state index contributed by atoms with van der Waals surface area (Å²) in [4.78, 5) is 55.2. The van der Waals surface area contributed by atoms with Crippen molar-refractivity contribution >= 4 is 52.1 Å². The van der Waals surface area contributed by atoms with E-state index in [1.54, 1.807) is 43.3 Å². The Kier molecular flexibility index (Phi) is 9.28. The van der Waals surface area contributed by atoms with Gasteiger partial charge in [-0.1, -0.05) is 23.9 Å². The minimum Gasteiger partial charge on any atom is -0.478 e. The van der Waals surface area contributed by atoms with Crippen molar-refractivity contribution in [3.8, 4) is 0 Å². The molecule has 1 heterocycles. The van der Waals surface area contributed by atoms with Crippen molar-refractivity contribution in [2.75, 3.05) is 18.5 Å². The van der Waals surface area contributed by atoms with Gasteiger partial charge in [-0.3, -0.25) is 14.5 Å². The number of aliphatic imine (C=N–C) groups is 1. The van der Waals surface area contributed by atoms with E-state index in [1.165, 1.54) is 41.3 Å². The lowest BCUT2D eigenvalue weighted by atomic mass is 10.1. The van der Waals surface area contributed by atoms with E-state index in [1.807, 2.05) is 0 Å². The van der Waals surface area contributed by atoms with E-state index in [0.29, 0.717) is 28.5 Å². The molecule has 11 heteroatoms. The number of rotatable bonds is 10. The molecule has 0 spiro atoms. The maximum Gasteiger partial charge on any atom is 0.338 e. The van der Waals surface area contributed by atoms with Gasteiger partial charge in [-0.25, -0.2) is 19.0 Å². The topological polar surface area (TPSA) is 125 Å². The van der Waals surface area contributed by atoms with Crippen molar-refractivity contribution in [3.05, 3.63) is 95.3 Å². The van der Waals surface area contributed by atoms with Crippen molar-refractivity contribution in [3.63, 3.8) is 0 Å². The third-order valence-corrected chi connectivity index (χ3v) is 7.12. The van der Waals surface area contributed by atoms with Crippen LogP contribution in [0.2, 0.25) is 0 Å². The number of benzene rings is 3. The Hall–Kier alpha value is -4.51. The lowest BCUT2D eigenvalue weighted by Gasteiger charge is -2.16. The molecule has 3 aromatic rings. The summed E-state index contributed by atoms with van der Waals surface area (Å²) in [5, 5.41) is 11.4. The number of hydrogen-bond donors (Lipinski definition) is 2. The Labute approximate surface area is 234 Å². The van der Waals surface area contributed by atoms with Crippen LogP contribution < -0.4 is 5.32 Å². The van der Waals surface area contributed by atoms with E-state index >= 15 is 0 Å². The van der Waals surface area contributed by atoms with Crippen molar-refractivity contribution in [2.24, 2.45) is 4.99 Å². The van der Waals surface area contributed by atoms with Crippen LogP contribution in [0.3, 0.4) is 0 Å². The molecule has 0 saturated carbocycles. The van der Waals surface area contributed by atoms with Gasteiger partial charge < -0.3 is 15.2 Å². The maximum absolute atomic E-state index is 13.4. The van der Waals surface area contributed by atoms with E-state index in [-0.39, 0.29) is 36.9 Å². The first kappa shape index (κ1) is 28.5. The fourth-order valence-electron chi connectivity index (χ4n) is 3.90. The van der Waals surface area contributed by atoms with Crippen molar-refractivity contribution < 1.29 is 33.4 Å². The van der Waals surface area contributed by atoms with Crippen LogP contribution in [0.4, 0.5) is 15.8 Å². The van der Waals surface area contributed by atoms with Crippen LogP contribution in [-0.4, -0.2) is 57.3 Å². The average Bonchev–Trinajstić information content (AvgIpc) is 3.22. The van der Waals surface area contributed by atoms with Crippen molar-refractivity contribution in [1.29, 1.82) is 0 Å². The normalized spacial score (nSPS) is 15.8. The second-order valence-corrected chi connectivity index (χ2v) is 9.94. The van der Waals surface area contributed by atoms with Gasteiger partial charge in [-0.05, 0) is 79.6 Å². The molecule has 1 fully saturated rings. The van der Waals surface area contributed by atoms with Crippen molar-refractivity contribution in [2.45, 2.75) is 25.0 Å². The molecule has 0 aromatic heterocycles. The van der Waals surface area contributed by atoms with Gasteiger partial charge in [0.05, 0.1) is 23.4 Å². The zero-order valence-corrected chi connectivity index (χ0v) is 22.3. The first-order chi connectivity index (χ1) is 19.2. The fourth-order valence-corrected chi connectivity index (χ4v) is 5.08. The van der Waals surface area contributed by atoms with Gasteiger partial charge in [0.15, 0.2) is 5.17 Å². The Morgan fingerprint density at radius 1 is 1.00 bits per heavy atom. The summed E-state index contributed by atoms with van der Waals surface area (Å²) in [6.07, 6.45) is 0.320. The molecule has 1 saturated heterocycles. The number of carboxylic acid groups (broad SMARTS) is 1. The summed E-state index contributed by atoms with van der Waals surface area (Å²) in [7, 11) is 0. The van der Waals surface area contributed by atoms with Crippen LogP contribution in [-0.2, 0) is 20.7 Å². The zero-order chi connectivity index (χ0) is 28.6. The quantitative estimate of drug-likeness (QED) is 0.336. The number of anilines is 1. The Balaban J connectivity index is 1.50. The molecule has 1 aliphatic heterocycles. The third kappa shape index (κ3) is 7.32. The Morgan fingerprint density at radius 2 is 1.65 bits per heavy atom. The van der Waals surface area contributed by atoms with Gasteiger partial charge in [-0.2, -0.15) is 0 Å². The van der Waals surface area contributed by atoms with Crippen LogP contribution in [0.25, 0.3) is 0 Å². The molecular formula is C29H26FN3O6S. The molecule has 0 aliphatic carbocycles. The van der Waals surface area contributed by atoms with Gasteiger partial charge in [-0.15, -0.1) is 0 Å². The number of amides is 2. The summed E-state index contributed by atoms with van der Waals surface area (Å²) in [5.74, 6) is -2.57. The first-order valence-electron chi connectivity index (χ1n) is 12.4. The van der Waals surface area contributed by atoms with Crippen LogP contribution in [0.15, 0.2) is 77.8 Å². The number of hydrogen-bond acceptors (Lipinski definition) is 7. The SMILES string of the molecule is CCOC(=O)c1ccc(N=C2SC(CC(=O)Nc3ccc(C(=O)O)cc3)C(=O)N2CCc2ccc(F)cc2)cc1. The highest BCUT2D eigenvalue weighted by Gasteiger charge is 2.39. The summed E-state index contributed by atoms with van der Waals surface area (Å²) in [5.41, 5.74) is 2.23. The predicted octanol–water partition coefficient (Wildman–Crippen LogP) is 4.90. The van der Waals surface area contributed by atoms with Crippen LogP contribution in [0.1, 0.15) is 39.6 Å². The molecule has 1 unspecified atom stereocenters. The van der Waals surface area contributed by atoms with E-state index in [2.05, 4.69) is 10.3 Å². The number of carboxylic acids is 1. The van der Waals surface area contributed by atoms with E-state index in [0.717, 1.165) is 17.3 Å². The number of carbonyl (C=O) groups is 4.